The van der Waals surface area contributed by atoms with Crippen LogP contribution in [-0.4, -0.2) is 12.6 Å². The van der Waals surface area contributed by atoms with Crippen molar-refractivity contribution in [1.29, 1.82) is 0 Å². The molecule has 2 aromatic carbocycles. The molecule has 0 spiro atoms. The first-order chi connectivity index (χ1) is 9.90. The fourth-order valence-electron chi connectivity index (χ4n) is 2.91. The summed E-state index contributed by atoms with van der Waals surface area (Å²) in [7, 11) is 0. The lowest BCUT2D eigenvalue weighted by atomic mass is 9.95. The number of fused-ring (bicyclic) bond motifs is 1. The predicted octanol–water partition coefficient (Wildman–Crippen LogP) is 3.93. The molecule has 1 aliphatic heterocycles. The van der Waals surface area contributed by atoms with Gasteiger partial charge in [-0.3, -0.25) is 0 Å². The average molecular weight is 265 g/mol. The van der Waals surface area contributed by atoms with E-state index in [1.54, 1.807) is 0 Å². The zero-order valence-electron chi connectivity index (χ0n) is 11.5. The Morgan fingerprint density at radius 3 is 2.55 bits per heavy atom. The molecule has 1 saturated carbocycles. The van der Waals surface area contributed by atoms with E-state index in [-0.39, 0.29) is 0 Å². The molecular formula is C18H19NO. The minimum absolute atomic E-state index is 0.454. The van der Waals surface area contributed by atoms with E-state index in [1.165, 1.54) is 29.5 Å². The molecule has 1 unspecified atom stereocenters. The van der Waals surface area contributed by atoms with Gasteiger partial charge >= 0.3 is 0 Å². The van der Waals surface area contributed by atoms with Gasteiger partial charge < -0.3 is 10.1 Å². The smallest absolute Gasteiger partial charge is 0.124 e. The molecule has 1 N–H and O–H groups in total. The summed E-state index contributed by atoms with van der Waals surface area (Å²) in [5, 5.41) is 3.75. The van der Waals surface area contributed by atoms with Crippen molar-refractivity contribution in [3.63, 3.8) is 0 Å². The van der Waals surface area contributed by atoms with Gasteiger partial charge in [-0.25, -0.2) is 0 Å². The van der Waals surface area contributed by atoms with Crippen molar-refractivity contribution in [3.05, 3.63) is 54.1 Å². The molecule has 102 valence electrons. The summed E-state index contributed by atoms with van der Waals surface area (Å²) < 4.78 is 5.81. The second-order valence-electron chi connectivity index (χ2n) is 5.75. The average Bonchev–Trinajstić information content (AvgIpc) is 3.32. The molecule has 2 nitrogen and oxygen atoms in total. The summed E-state index contributed by atoms with van der Waals surface area (Å²) in [6, 6.07) is 18.3. The van der Waals surface area contributed by atoms with Gasteiger partial charge in [-0.2, -0.15) is 0 Å². The molecule has 0 aromatic heterocycles. The molecule has 0 saturated heterocycles. The van der Waals surface area contributed by atoms with E-state index in [0.29, 0.717) is 6.04 Å². The molecular weight excluding hydrogens is 246 g/mol. The Hall–Kier alpha value is -1.80. The third-order valence-electron chi connectivity index (χ3n) is 4.17. The molecule has 2 aliphatic rings. The van der Waals surface area contributed by atoms with Crippen LogP contribution >= 0.6 is 0 Å². The van der Waals surface area contributed by atoms with Gasteiger partial charge in [-0.1, -0.05) is 36.4 Å². The quantitative estimate of drug-likeness (QED) is 0.908. The summed E-state index contributed by atoms with van der Waals surface area (Å²) in [6.07, 6.45) is 3.72. The summed E-state index contributed by atoms with van der Waals surface area (Å²) in [5.74, 6) is 1.05. The Labute approximate surface area is 119 Å². The molecule has 0 radical (unpaired) electrons. The van der Waals surface area contributed by atoms with Gasteiger partial charge in [0.25, 0.3) is 0 Å². The molecule has 2 heteroatoms. The van der Waals surface area contributed by atoms with E-state index in [2.05, 4.69) is 53.8 Å². The van der Waals surface area contributed by atoms with Crippen LogP contribution in [0.15, 0.2) is 48.5 Å². The van der Waals surface area contributed by atoms with Crippen LogP contribution in [0.1, 0.15) is 30.9 Å². The van der Waals surface area contributed by atoms with Crippen LogP contribution in [0.4, 0.5) is 0 Å². The Morgan fingerprint density at radius 2 is 1.75 bits per heavy atom. The minimum atomic E-state index is 0.454. The number of rotatable bonds is 3. The predicted molar refractivity (Wildman–Crippen MR) is 80.9 cm³/mol. The van der Waals surface area contributed by atoms with Gasteiger partial charge in [-0.15, -0.1) is 0 Å². The van der Waals surface area contributed by atoms with Gasteiger partial charge in [-0.05, 0) is 36.1 Å². The minimum Gasteiger partial charge on any atom is -0.493 e. The molecule has 2 aromatic rings. The van der Waals surface area contributed by atoms with E-state index in [9.17, 15) is 0 Å². The van der Waals surface area contributed by atoms with E-state index in [1.807, 2.05) is 0 Å². The van der Waals surface area contributed by atoms with Crippen molar-refractivity contribution in [2.45, 2.75) is 31.3 Å². The van der Waals surface area contributed by atoms with Gasteiger partial charge in [0, 0.05) is 24.1 Å². The number of hydrogen-bond acceptors (Lipinski definition) is 2. The highest BCUT2D eigenvalue weighted by molar-refractivity contribution is 5.66. The van der Waals surface area contributed by atoms with Crippen LogP contribution in [0.2, 0.25) is 0 Å². The van der Waals surface area contributed by atoms with Crippen molar-refractivity contribution in [2.75, 3.05) is 6.61 Å². The van der Waals surface area contributed by atoms with Crippen molar-refractivity contribution in [3.8, 4) is 16.9 Å². The van der Waals surface area contributed by atoms with E-state index in [4.69, 9.17) is 4.74 Å². The Bertz CT molecular complexity index is 604. The third-order valence-corrected chi connectivity index (χ3v) is 4.17. The van der Waals surface area contributed by atoms with Crippen molar-refractivity contribution in [2.24, 2.45) is 0 Å². The third kappa shape index (κ3) is 2.32. The first-order valence-corrected chi connectivity index (χ1v) is 7.48. The van der Waals surface area contributed by atoms with Gasteiger partial charge in [0.1, 0.15) is 5.75 Å². The number of benzene rings is 2. The monoisotopic (exact) mass is 265 g/mol. The van der Waals surface area contributed by atoms with Gasteiger partial charge in [0.05, 0.1) is 6.61 Å². The van der Waals surface area contributed by atoms with E-state index >= 15 is 0 Å². The second kappa shape index (κ2) is 4.95. The highest BCUT2D eigenvalue weighted by Gasteiger charge is 2.29. The summed E-state index contributed by atoms with van der Waals surface area (Å²) in [5.41, 5.74) is 3.87. The molecule has 4 rings (SSSR count). The molecule has 20 heavy (non-hydrogen) atoms. The summed E-state index contributed by atoms with van der Waals surface area (Å²) in [6.45, 7) is 0.821. The van der Waals surface area contributed by atoms with Gasteiger partial charge in [0.15, 0.2) is 0 Å². The maximum atomic E-state index is 5.81. The molecule has 0 amide bonds. The van der Waals surface area contributed by atoms with Crippen LogP contribution in [0.3, 0.4) is 0 Å². The lowest BCUT2D eigenvalue weighted by Gasteiger charge is -2.27. The zero-order chi connectivity index (χ0) is 13.4. The molecule has 1 fully saturated rings. The molecule has 0 bridgehead atoms. The number of ether oxygens (including phenoxy) is 1. The van der Waals surface area contributed by atoms with Crippen molar-refractivity contribution in [1.82, 2.24) is 5.32 Å². The van der Waals surface area contributed by atoms with E-state index < -0.39 is 0 Å². The first kappa shape index (κ1) is 12.0. The lowest BCUT2D eigenvalue weighted by molar-refractivity contribution is 0.252. The molecule has 1 atom stereocenters. The van der Waals surface area contributed by atoms with Gasteiger partial charge in [0.2, 0.25) is 0 Å². The molecule has 1 aliphatic carbocycles. The normalized spacial score (nSPS) is 21.1. The van der Waals surface area contributed by atoms with Crippen LogP contribution in [0.5, 0.6) is 5.75 Å². The number of hydrogen-bond donors (Lipinski definition) is 1. The topological polar surface area (TPSA) is 21.3 Å². The Balaban J connectivity index is 1.70. The standard InChI is InChI=1S/C18H19NO/c1-2-4-13(5-3-1)14-6-9-18-16(12-14)17(10-11-20-18)19-15-7-8-15/h1-6,9,12,15,17,19H,7-8,10-11H2. The Kier molecular flexibility index (Phi) is 2.96. The fourth-order valence-corrected chi connectivity index (χ4v) is 2.91. The van der Waals surface area contributed by atoms with Crippen LogP contribution in [0.25, 0.3) is 11.1 Å². The highest BCUT2D eigenvalue weighted by Crippen LogP contribution is 2.37. The van der Waals surface area contributed by atoms with E-state index in [0.717, 1.165) is 24.8 Å². The Morgan fingerprint density at radius 1 is 0.900 bits per heavy atom. The van der Waals surface area contributed by atoms with Crippen molar-refractivity contribution >= 4 is 0 Å². The lowest BCUT2D eigenvalue weighted by Crippen LogP contribution is -2.28. The maximum absolute atomic E-state index is 5.81. The fraction of sp³-hybridized carbons (Fsp3) is 0.333. The second-order valence-corrected chi connectivity index (χ2v) is 5.75. The highest BCUT2D eigenvalue weighted by atomic mass is 16.5. The maximum Gasteiger partial charge on any atom is 0.124 e. The molecule has 1 heterocycles. The van der Waals surface area contributed by atoms with Crippen LogP contribution < -0.4 is 10.1 Å². The van der Waals surface area contributed by atoms with Crippen molar-refractivity contribution < 1.29 is 4.74 Å². The zero-order valence-corrected chi connectivity index (χ0v) is 11.5. The number of nitrogens with one attached hydrogen (secondary N) is 1. The largest absolute Gasteiger partial charge is 0.493 e. The van der Waals surface area contributed by atoms with Crippen LogP contribution in [0, 0.1) is 0 Å². The summed E-state index contributed by atoms with van der Waals surface area (Å²) >= 11 is 0. The van der Waals surface area contributed by atoms with Crippen LogP contribution in [-0.2, 0) is 0 Å². The first-order valence-electron chi connectivity index (χ1n) is 7.48. The summed E-state index contributed by atoms with van der Waals surface area (Å²) in [4.78, 5) is 0. The SMILES string of the molecule is c1ccc(-c2ccc3c(c2)C(NC2CC2)CCO3)cc1.